The van der Waals surface area contributed by atoms with Crippen molar-refractivity contribution in [3.63, 3.8) is 0 Å². The molecule has 0 fully saturated rings. The van der Waals surface area contributed by atoms with Gasteiger partial charge in [-0.25, -0.2) is 0 Å². The second-order valence-electron chi connectivity index (χ2n) is 7.77. The van der Waals surface area contributed by atoms with Crippen molar-refractivity contribution in [2.24, 2.45) is 0 Å². The fourth-order valence-corrected chi connectivity index (χ4v) is 6.45. The molecule has 3 nitrogen and oxygen atoms in total. The van der Waals surface area contributed by atoms with Crippen LogP contribution in [0.15, 0.2) is 105 Å². The number of hydrogen-bond acceptors (Lipinski definition) is 3. The monoisotopic (exact) mass is 462 g/mol. The van der Waals surface area contributed by atoms with Gasteiger partial charge in [0, 0.05) is 16.4 Å². The van der Waals surface area contributed by atoms with Gasteiger partial charge < -0.3 is 4.57 Å². The Morgan fingerprint density at radius 3 is 1.88 bits per heavy atom. The highest BCUT2D eigenvalue weighted by molar-refractivity contribution is 8.01. The fraction of sp³-hybridized carbons (Fsp3) is 0. The zero-order valence-electron chi connectivity index (χ0n) is 18.6. The number of carbonyl (C=O) groups is 2. The van der Waals surface area contributed by atoms with Gasteiger partial charge in [-0.15, -0.1) is 0 Å². The maximum Gasteiger partial charge on any atom is 0.248 e. The molecule has 1 atom stereocenters. The van der Waals surface area contributed by atoms with Gasteiger partial charge in [0.2, 0.25) is 18.2 Å². The summed E-state index contributed by atoms with van der Waals surface area (Å²) >= 11 is 0. The Bertz CT molecular complexity index is 1480. The van der Waals surface area contributed by atoms with Crippen molar-refractivity contribution in [3.05, 3.63) is 132 Å². The molecule has 4 aromatic carbocycles. The lowest BCUT2D eigenvalue weighted by Gasteiger charge is -2.20. The molecule has 1 unspecified atom stereocenters. The van der Waals surface area contributed by atoms with Crippen LogP contribution in [-0.4, -0.2) is 11.0 Å². The molecule has 4 heteroatoms. The van der Waals surface area contributed by atoms with E-state index in [1.807, 2.05) is 24.3 Å². The van der Waals surface area contributed by atoms with E-state index in [1.54, 1.807) is 66.7 Å². The quantitative estimate of drug-likeness (QED) is 0.256. The van der Waals surface area contributed by atoms with E-state index in [2.05, 4.69) is 19.7 Å². The molecule has 4 aromatic rings. The van der Waals surface area contributed by atoms with E-state index < -0.39 is 18.2 Å². The smallest absolute Gasteiger partial charge is 0.248 e. The highest BCUT2D eigenvalue weighted by Crippen LogP contribution is 2.52. The third-order valence-corrected chi connectivity index (χ3v) is 8.46. The van der Waals surface area contributed by atoms with Crippen LogP contribution in [0, 0.1) is 0 Å². The third kappa shape index (κ3) is 3.81. The topological polar surface area (TPSA) is 51.2 Å². The van der Waals surface area contributed by atoms with Crippen molar-refractivity contribution in [3.8, 4) is 0 Å². The van der Waals surface area contributed by atoms with Crippen molar-refractivity contribution < 1.29 is 14.2 Å². The van der Waals surface area contributed by atoms with Crippen molar-refractivity contribution >= 4 is 52.5 Å². The van der Waals surface area contributed by atoms with Crippen LogP contribution in [0.5, 0.6) is 0 Å². The lowest BCUT2D eigenvalue weighted by molar-refractivity contribution is 0.104. The molecule has 4 rings (SSSR count). The van der Waals surface area contributed by atoms with Gasteiger partial charge in [0.1, 0.15) is 0 Å². The maximum atomic E-state index is 14.8. The van der Waals surface area contributed by atoms with Crippen molar-refractivity contribution in [1.82, 2.24) is 0 Å². The van der Waals surface area contributed by atoms with E-state index in [0.29, 0.717) is 16.5 Å². The second-order valence-corrected chi connectivity index (χ2v) is 10.3. The van der Waals surface area contributed by atoms with Gasteiger partial charge in [0.15, 0.2) is 0 Å². The van der Waals surface area contributed by atoms with Gasteiger partial charge in [0.25, 0.3) is 0 Å². The Labute approximate surface area is 199 Å². The van der Waals surface area contributed by atoms with Gasteiger partial charge >= 0.3 is 0 Å². The molecule has 0 saturated carbocycles. The summed E-state index contributed by atoms with van der Waals surface area (Å²) in [5.41, 5.74) is 0.683. The van der Waals surface area contributed by atoms with Gasteiger partial charge in [-0.3, -0.25) is 9.59 Å². The summed E-state index contributed by atoms with van der Waals surface area (Å²) in [5, 5.41) is 1.67. The summed E-state index contributed by atoms with van der Waals surface area (Å²) in [4.78, 5) is 28.2. The largest absolute Gasteiger partial charge is 0.302 e. The highest BCUT2D eigenvalue weighted by atomic mass is 31.2. The van der Waals surface area contributed by atoms with Crippen LogP contribution >= 0.6 is 7.14 Å². The lowest BCUT2D eigenvalue weighted by Crippen LogP contribution is -2.22. The standard InChI is InChI=1S/C30H23O3P/c1-4-21-19-22(5-2)28(23(6-3)20-21)30(32)34(33,25-15-8-7-9-16-25)29(31)27-18-12-14-24-13-10-11-17-26(24)27/h4-20H,1-3H2. The average Bonchev–Trinajstić information content (AvgIpc) is 2.90. The molecule has 0 aromatic heterocycles. The first kappa shape index (κ1) is 23.1. The number of hydrogen-bond donors (Lipinski definition) is 0. The third-order valence-electron chi connectivity index (χ3n) is 5.82. The SMILES string of the molecule is C=Cc1cc(C=C)c(C(=O)P(=O)(C(=O)c2cccc3ccccc23)c2ccccc2)c(C=C)c1. The predicted molar refractivity (Wildman–Crippen MR) is 143 cm³/mol. The minimum Gasteiger partial charge on any atom is -0.302 e. The average molecular weight is 462 g/mol. The van der Waals surface area contributed by atoms with Gasteiger partial charge in [-0.2, -0.15) is 0 Å². The van der Waals surface area contributed by atoms with E-state index in [0.717, 1.165) is 10.9 Å². The highest BCUT2D eigenvalue weighted by Gasteiger charge is 2.44. The normalized spacial score (nSPS) is 12.5. The number of rotatable bonds is 8. The van der Waals surface area contributed by atoms with Crippen LogP contribution < -0.4 is 5.30 Å². The molecule has 34 heavy (non-hydrogen) atoms. The van der Waals surface area contributed by atoms with Gasteiger partial charge in [-0.05, 0) is 39.6 Å². The Morgan fingerprint density at radius 1 is 0.676 bits per heavy atom. The molecule has 166 valence electrons. The van der Waals surface area contributed by atoms with Crippen LogP contribution in [-0.2, 0) is 4.57 Å². The van der Waals surface area contributed by atoms with Crippen molar-refractivity contribution in [2.75, 3.05) is 0 Å². The number of carbonyl (C=O) groups excluding carboxylic acids is 2. The first-order chi connectivity index (χ1) is 16.4. The molecule has 0 N–H and O–H groups in total. The lowest BCUT2D eigenvalue weighted by atomic mass is 9.98. The van der Waals surface area contributed by atoms with Crippen molar-refractivity contribution in [1.29, 1.82) is 0 Å². The fourth-order valence-electron chi connectivity index (χ4n) is 4.10. The summed E-state index contributed by atoms with van der Waals surface area (Å²) in [5.74, 6) is 0. The van der Waals surface area contributed by atoms with E-state index in [1.165, 1.54) is 12.2 Å². The van der Waals surface area contributed by atoms with Crippen LogP contribution in [0.25, 0.3) is 29.0 Å². The van der Waals surface area contributed by atoms with E-state index in [4.69, 9.17) is 0 Å². The van der Waals surface area contributed by atoms with Crippen LogP contribution in [0.2, 0.25) is 0 Å². The van der Waals surface area contributed by atoms with E-state index >= 15 is 0 Å². The molecule has 0 heterocycles. The maximum absolute atomic E-state index is 14.8. The summed E-state index contributed by atoms with van der Waals surface area (Å²) in [6, 6.07) is 24.3. The Kier molecular flexibility index (Phi) is 6.40. The molecular weight excluding hydrogens is 439 g/mol. The van der Waals surface area contributed by atoms with E-state index in [9.17, 15) is 14.2 Å². The Morgan fingerprint density at radius 2 is 1.26 bits per heavy atom. The molecule has 0 aliphatic heterocycles. The minimum atomic E-state index is -4.30. The van der Waals surface area contributed by atoms with E-state index in [-0.39, 0.29) is 16.4 Å². The summed E-state index contributed by atoms with van der Waals surface area (Å²) in [6.07, 6.45) is 4.68. The first-order valence-corrected chi connectivity index (χ1v) is 12.4. The minimum absolute atomic E-state index is 0.163. The summed E-state index contributed by atoms with van der Waals surface area (Å²) in [7, 11) is -4.30. The van der Waals surface area contributed by atoms with Crippen molar-refractivity contribution in [2.45, 2.75) is 0 Å². The Hall–Kier alpha value is -4.07. The molecular formula is C30H23O3P. The molecule has 0 aliphatic rings. The molecule has 0 spiro atoms. The molecule has 0 bridgehead atoms. The molecule has 0 aliphatic carbocycles. The number of benzene rings is 4. The predicted octanol–water partition coefficient (Wildman–Crippen LogP) is 7.44. The van der Waals surface area contributed by atoms with Crippen LogP contribution in [0.3, 0.4) is 0 Å². The van der Waals surface area contributed by atoms with Gasteiger partial charge in [-0.1, -0.05) is 111 Å². The summed E-state index contributed by atoms with van der Waals surface area (Å²) < 4.78 is 14.8. The molecule has 0 saturated heterocycles. The zero-order chi connectivity index (χ0) is 24.3. The second kappa shape index (κ2) is 9.43. The number of fused-ring (bicyclic) bond motifs is 1. The Balaban J connectivity index is 2.02. The van der Waals surface area contributed by atoms with Crippen LogP contribution in [0.1, 0.15) is 37.4 Å². The molecule has 0 radical (unpaired) electrons. The van der Waals surface area contributed by atoms with Gasteiger partial charge in [0.05, 0.1) is 0 Å². The zero-order valence-corrected chi connectivity index (χ0v) is 19.5. The molecule has 0 amide bonds. The first-order valence-electron chi connectivity index (χ1n) is 10.7. The summed E-state index contributed by atoms with van der Waals surface area (Å²) in [6.45, 7) is 11.4. The van der Waals surface area contributed by atoms with Crippen LogP contribution in [0.4, 0.5) is 0 Å².